The molecule has 2 N–H and O–H groups in total. The summed E-state index contributed by atoms with van der Waals surface area (Å²) in [5, 5.41) is 3.16. The van der Waals surface area contributed by atoms with Crippen LogP contribution >= 0.6 is 0 Å². The number of pyridine rings is 1. The van der Waals surface area contributed by atoms with Crippen molar-refractivity contribution >= 4 is 16.7 Å². The Kier molecular flexibility index (Phi) is 5.76. The van der Waals surface area contributed by atoms with Crippen LogP contribution in [0.15, 0.2) is 47.3 Å². The van der Waals surface area contributed by atoms with Gasteiger partial charge in [-0.15, -0.1) is 0 Å². The summed E-state index contributed by atoms with van der Waals surface area (Å²) in [5.41, 5.74) is 3.79. The average molecular weight is 425 g/mol. The number of nitrogens with one attached hydrogen (secondary N) is 2. The van der Waals surface area contributed by atoms with Crippen LogP contribution in [0.2, 0.25) is 0 Å². The Morgan fingerprint density at radius 2 is 1.94 bits per heavy atom. The lowest BCUT2D eigenvalue weighted by atomic mass is 9.99. The van der Waals surface area contributed by atoms with Gasteiger partial charge in [0, 0.05) is 11.9 Å². The van der Waals surface area contributed by atoms with Crippen LogP contribution in [-0.4, -0.2) is 17.1 Å². The SMILES string of the molecule is CCCNn1c(C)c(C(=O)N[C@H](c2cccc(F)c2)C2CC2)c2cccc(F)c2c1=O. The van der Waals surface area contributed by atoms with Gasteiger partial charge in [0.05, 0.1) is 22.7 Å². The Morgan fingerprint density at radius 3 is 2.61 bits per heavy atom. The van der Waals surface area contributed by atoms with Crippen molar-refractivity contribution in [2.75, 3.05) is 12.0 Å². The van der Waals surface area contributed by atoms with Gasteiger partial charge in [-0.3, -0.25) is 9.59 Å². The molecule has 0 bridgehead atoms. The van der Waals surface area contributed by atoms with E-state index in [1.807, 2.05) is 6.92 Å². The van der Waals surface area contributed by atoms with Gasteiger partial charge in [0.1, 0.15) is 11.6 Å². The number of aromatic nitrogens is 1. The van der Waals surface area contributed by atoms with Crippen molar-refractivity contribution in [2.24, 2.45) is 5.92 Å². The molecular weight excluding hydrogens is 400 g/mol. The summed E-state index contributed by atoms with van der Waals surface area (Å²) in [4.78, 5) is 26.4. The fraction of sp³-hybridized carbons (Fsp3) is 0.333. The molecule has 0 spiro atoms. The van der Waals surface area contributed by atoms with Crippen molar-refractivity contribution in [3.63, 3.8) is 0 Å². The van der Waals surface area contributed by atoms with Crippen molar-refractivity contribution in [3.05, 3.63) is 81.3 Å². The second kappa shape index (κ2) is 8.49. The van der Waals surface area contributed by atoms with Crippen LogP contribution in [0, 0.1) is 24.5 Å². The summed E-state index contributed by atoms with van der Waals surface area (Å²) >= 11 is 0. The molecule has 5 nitrogen and oxygen atoms in total. The maximum absolute atomic E-state index is 14.6. The minimum Gasteiger partial charge on any atom is -0.345 e. The van der Waals surface area contributed by atoms with E-state index in [0.29, 0.717) is 17.8 Å². The lowest BCUT2D eigenvalue weighted by Gasteiger charge is -2.22. The number of hydrogen-bond donors (Lipinski definition) is 2. The molecule has 0 aliphatic heterocycles. The minimum atomic E-state index is -0.674. The zero-order valence-electron chi connectivity index (χ0n) is 17.5. The Morgan fingerprint density at radius 1 is 1.19 bits per heavy atom. The monoisotopic (exact) mass is 425 g/mol. The number of carbonyl (C=O) groups is 1. The van der Waals surface area contributed by atoms with E-state index in [2.05, 4.69) is 10.7 Å². The second-order valence-electron chi connectivity index (χ2n) is 8.02. The molecule has 1 aliphatic carbocycles. The highest BCUT2D eigenvalue weighted by atomic mass is 19.1. The van der Waals surface area contributed by atoms with E-state index in [9.17, 15) is 18.4 Å². The van der Waals surface area contributed by atoms with Crippen molar-refractivity contribution in [1.82, 2.24) is 9.99 Å². The van der Waals surface area contributed by atoms with Gasteiger partial charge in [-0.2, -0.15) is 0 Å². The molecule has 162 valence electrons. The van der Waals surface area contributed by atoms with Crippen LogP contribution in [0.4, 0.5) is 8.78 Å². The quantitative estimate of drug-likeness (QED) is 0.589. The number of hydrogen-bond acceptors (Lipinski definition) is 3. The van der Waals surface area contributed by atoms with Gasteiger partial charge in [0.25, 0.3) is 11.5 Å². The summed E-state index contributed by atoms with van der Waals surface area (Å²) in [6.07, 6.45) is 2.63. The molecule has 1 heterocycles. The number of rotatable bonds is 7. The second-order valence-corrected chi connectivity index (χ2v) is 8.02. The van der Waals surface area contributed by atoms with Gasteiger partial charge < -0.3 is 10.7 Å². The fourth-order valence-corrected chi connectivity index (χ4v) is 4.04. The van der Waals surface area contributed by atoms with Crippen molar-refractivity contribution in [3.8, 4) is 0 Å². The first kappa shape index (κ1) is 21.0. The van der Waals surface area contributed by atoms with Crippen molar-refractivity contribution in [1.29, 1.82) is 0 Å². The van der Waals surface area contributed by atoms with Gasteiger partial charge in [-0.05, 0) is 55.9 Å². The van der Waals surface area contributed by atoms with Crippen LogP contribution in [0.25, 0.3) is 10.8 Å². The highest BCUT2D eigenvalue weighted by Gasteiger charge is 2.34. The van der Waals surface area contributed by atoms with Gasteiger partial charge in [0.2, 0.25) is 0 Å². The smallest absolute Gasteiger partial charge is 0.279 e. The summed E-state index contributed by atoms with van der Waals surface area (Å²) < 4.78 is 29.7. The highest BCUT2D eigenvalue weighted by molar-refractivity contribution is 6.08. The number of halogens is 2. The summed E-state index contributed by atoms with van der Waals surface area (Å²) in [5.74, 6) is -1.23. The first-order valence-corrected chi connectivity index (χ1v) is 10.6. The van der Waals surface area contributed by atoms with Crippen LogP contribution in [0.3, 0.4) is 0 Å². The van der Waals surface area contributed by atoms with E-state index >= 15 is 0 Å². The molecule has 1 aromatic heterocycles. The van der Waals surface area contributed by atoms with Gasteiger partial charge in [-0.1, -0.05) is 31.2 Å². The number of fused-ring (bicyclic) bond motifs is 1. The average Bonchev–Trinajstić information content (AvgIpc) is 3.57. The lowest BCUT2D eigenvalue weighted by Crippen LogP contribution is -2.37. The Bertz CT molecular complexity index is 1200. The number of nitrogens with zero attached hydrogens (tertiary/aromatic N) is 1. The van der Waals surface area contributed by atoms with Gasteiger partial charge in [-0.25, -0.2) is 13.5 Å². The van der Waals surface area contributed by atoms with E-state index in [-0.39, 0.29) is 34.1 Å². The summed E-state index contributed by atoms with van der Waals surface area (Å²) in [6, 6.07) is 10.1. The van der Waals surface area contributed by atoms with Gasteiger partial charge >= 0.3 is 0 Å². The summed E-state index contributed by atoms with van der Waals surface area (Å²) in [6.45, 7) is 4.11. The van der Waals surface area contributed by atoms with E-state index < -0.39 is 17.3 Å². The first-order chi connectivity index (χ1) is 14.9. The Balaban J connectivity index is 1.81. The van der Waals surface area contributed by atoms with Crippen LogP contribution < -0.4 is 16.3 Å². The minimum absolute atomic E-state index is 0.129. The van der Waals surface area contributed by atoms with Crippen molar-refractivity contribution in [2.45, 2.75) is 39.2 Å². The molecule has 1 saturated carbocycles. The Hall–Kier alpha value is -3.22. The van der Waals surface area contributed by atoms with Crippen LogP contribution in [0.1, 0.15) is 53.8 Å². The highest BCUT2D eigenvalue weighted by Crippen LogP contribution is 2.41. The Labute approximate surface area is 179 Å². The fourth-order valence-electron chi connectivity index (χ4n) is 4.04. The molecule has 7 heteroatoms. The molecule has 1 aliphatic rings. The molecule has 1 fully saturated rings. The zero-order chi connectivity index (χ0) is 22.1. The van der Waals surface area contributed by atoms with Crippen LogP contribution in [-0.2, 0) is 0 Å². The third-order valence-corrected chi connectivity index (χ3v) is 5.73. The molecule has 1 amide bonds. The maximum Gasteiger partial charge on any atom is 0.279 e. The largest absolute Gasteiger partial charge is 0.345 e. The number of benzene rings is 2. The molecule has 0 radical (unpaired) electrons. The molecular formula is C24H25F2N3O2. The summed E-state index contributed by atoms with van der Waals surface area (Å²) in [7, 11) is 0. The van der Waals surface area contributed by atoms with Crippen LogP contribution in [0.5, 0.6) is 0 Å². The predicted octanol–water partition coefficient (Wildman–Crippen LogP) is 4.42. The van der Waals surface area contributed by atoms with E-state index in [1.54, 1.807) is 25.1 Å². The molecule has 1 atom stereocenters. The first-order valence-electron chi connectivity index (χ1n) is 10.6. The van der Waals surface area contributed by atoms with Crippen molar-refractivity contribution < 1.29 is 13.6 Å². The third kappa shape index (κ3) is 4.04. The van der Waals surface area contributed by atoms with E-state index in [0.717, 1.165) is 19.3 Å². The number of carbonyl (C=O) groups excluding carboxylic acids is 1. The predicted molar refractivity (Wildman–Crippen MR) is 117 cm³/mol. The molecule has 2 aromatic carbocycles. The lowest BCUT2D eigenvalue weighted by molar-refractivity contribution is 0.0932. The number of amides is 1. The topological polar surface area (TPSA) is 63.1 Å². The molecule has 0 unspecified atom stereocenters. The molecule has 0 saturated heterocycles. The third-order valence-electron chi connectivity index (χ3n) is 5.73. The van der Waals surface area contributed by atoms with E-state index in [4.69, 9.17) is 0 Å². The standard InChI is InChI=1S/C24H25F2N3O2/c1-3-12-27-29-14(2)20(18-8-5-9-19(26)21(18)24(29)31)23(30)28-22(15-10-11-15)16-6-4-7-17(25)13-16/h4-9,13,15,22,27H,3,10-12H2,1-2H3,(H,28,30)/t22-/m0/s1. The zero-order valence-corrected chi connectivity index (χ0v) is 17.5. The van der Waals surface area contributed by atoms with E-state index in [1.165, 1.54) is 28.9 Å². The van der Waals surface area contributed by atoms with Gasteiger partial charge in [0.15, 0.2) is 0 Å². The maximum atomic E-state index is 14.6. The normalized spacial score (nSPS) is 14.5. The molecule has 31 heavy (non-hydrogen) atoms. The molecule has 4 rings (SSSR count). The molecule has 3 aromatic rings.